The number of rotatable bonds is 6. The SMILES string of the molecule is CCOc1nc(NN)nc(N(C)Cc2cccnc2)n1. The number of anilines is 2. The first-order chi connectivity index (χ1) is 9.72. The van der Waals surface area contributed by atoms with Crippen molar-refractivity contribution in [3.05, 3.63) is 30.1 Å². The summed E-state index contributed by atoms with van der Waals surface area (Å²) in [7, 11) is 1.87. The van der Waals surface area contributed by atoms with Gasteiger partial charge in [0.25, 0.3) is 0 Å². The number of ether oxygens (including phenoxy) is 1. The Morgan fingerprint density at radius 2 is 2.20 bits per heavy atom. The van der Waals surface area contributed by atoms with Gasteiger partial charge in [-0.15, -0.1) is 0 Å². The third-order valence-corrected chi connectivity index (χ3v) is 2.49. The number of hydrogen-bond acceptors (Lipinski definition) is 8. The average molecular weight is 275 g/mol. The summed E-state index contributed by atoms with van der Waals surface area (Å²) < 4.78 is 5.29. The van der Waals surface area contributed by atoms with Crippen LogP contribution in [0.15, 0.2) is 24.5 Å². The lowest BCUT2D eigenvalue weighted by Crippen LogP contribution is -2.21. The molecule has 2 aromatic rings. The number of nitrogen functional groups attached to an aromatic ring is 1. The molecule has 2 rings (SSSR count). The summed E-state index contributed by atoms with van der Waals surface area (Å²) in [5.41, 5.74) is 3.46. The van der Waals surface area contributed by atoms with Gasteiger partial charge in [-0.25, -0.2) is 5.84 Å². The maximum absolute atomic E-state index is 5.35. The number of nitrogens with one attached hydrogen (secondary N) is 1. The van der Waals surface area contributed by atoms with Crippen LogP contribution in [0.1, 0.15) is 12.5 Å². The molecule has 8 nitrogen and oxygen atoms in total. The predicted octanol–water partition coefficient (Wildman–Crippen LogP) is 0.587. The van der Waals surface area contributed by atoms with Gasteiger partial charge in [-0.2, -0.15) is 15.0 Å². The van der Waals surface area contributed by atoms with E-state index in [9.17, 15) is 0 Å². The highest BCUT2D eigenvalue weighted by Gasteiger charge is 2.11. The molecule has 0 aliphatic heterocycles. The zero-order valence-electron chi connectivity index (χ0n) is 11.4. The normalized spacial score (nSPS) is 10.2. The minimum absolute atomic E-state index is 0.239. The molecule has 0 spiro atoms. The standard InChI is InChI=1S/C12H17N7O/c1-3-20-12-16-10(18-13)15-11(17-12)19(2)8-9-5-4-6-14-7-9/h4-7H,3,8,13H2,1-2H3,(H,15,16,17,18). The van der Waals surface area contributed by atoms with Crippen LogP contribution in [0.25, 0.3) is 0 Å². The van der Waals surface area contributed by atoms with Crippen LogP contribution < -0.4 is 20.9 Å². The van der Waals surface area contributed by atoms with Gasteiger partial charge in [-0.1, -0.05) is 6.07 Å². The maximum atomic E-state index is 5.35. The van der Waals surface area contributed by atoms with Crippen molar-refractivity contribution < 1.29 is 4.74 Å². The van der Waals surface area contributed by atoms with Gasteiger partial charge in [0.15, 0.2) is 0 Å². The summed E-state index contributed by atoms with van der Waals surface area (Å²) in [6.07, 6.45) is 3.53. The molecule has 2 heterocycles. The Morgan fingerprint density at radius 3 is 2.85 bits per heavy atom. The number of pyridine rings is 1. The first-order valence-corrected chi connectivity index (χ1v) is 6.18. The summed E-state index contributed by atoms with van der Waals surface area (Å²) in [5.74, 6) is 6.08. The zero-order valence-corrected chi connectivity index (χ0v) is 11.4. The Balaban J connectivity index is 2.19. The molecule has 106 valence electrons. The van der Waals surface area contributed by atoms with E-state index in [0.717, 1.165) is 5.56 Å². The van der Waals surface area contributed by atoms with Gasteiger partial charge >= 0.3 is 6.01 Å². The molecule has 0 amide bonds. The Kier molecular flexibility index (Phi) is 4.61. The van der Waals surface area contributed by atoms with Crippen LogP contribution in [-0.4, -0.2) is 33.6 Å². The summed E-state index contributed by atoms with van der Waals surface area (Å²) in [4.78, 5) is 18.4. The van der Waals surface area contributed by atoms with Crippen LogP contribution in [0.5, 0.6) is 6.01 Å². The van der Waals surface area contributed by atoms with E-state index in [1.807, 2.05) is 31.0 Å². The molecule has 0 aromatic carbocycles. The smallest absolute Gasteiger partial charge is 0.323 e. The van der Waals surface area contributed by atoms with Gasteiger partial charge in [0.1, 0.15) is 0 Å². The molecule has 0 aliphatic rings. The predicted molar refractivity (Wildman–Crippen MR) is 75.2 cm³/mol. The molecular formula is C12H17N7O. The molecule has 0 unspecified atom stereocenters. The molecule has 0 fully saturated rings. The first kappa shape index (κ1) is 13.9. The van der Waals surface area contributed by atoms with Crippen LogP contribution in [0.2, 0.25) is 0 Å². The molecule has 3 N–H and O–H groups in total. The molecule has 8 heteroatoms. The number of aromatic nitrogens is 4. The monoisotopic (exact) mass is 275 g/mol. The van der Waals surface area contributed by atoms with Crippen molar-refractivity contribution in [2.24, 2.45) is 5.84 Å². The topological polar surface area (TPSA) is 102 Å². The van der Waals surface area contributed by atoms with Crippen LogP contribution in [0, 0.1) is 0 Å². The minimum Gasteiger partial charge on any atom is -0.464 e. The number of nitrogens with zero attached hydrogens (tertiary/aromatic N) is 5. The third-order valence-electron chi connectivity index (χ3n) is 2.49. The van der Waals surface area contributed by atoms with E-state index < -0.39 is 0 Å². The molecule has 20 heavy (non-hydrogen) atoms. The summed E-state index contributed by atoms with van der Waals surface area (Å²) in [6.45, 7) is 2.95. The van der Waals surface area contributed by atoms with Crippen molar-refractivity contribution in [1.82, 2.24) is 19.9 Å². The number of hydrogen-bond donors (Lipinski definition) is 2. The highest BCUT2D eigenvalue weighted by Crippen LogP contribution is 2.15. The molecule has 0 bridgehead atoms. The average Bonchev–Trinajstić information content (AvgIpc) is 2.48. The fourth-order valence-electron chi connectivity index (χ4n) is 1.61. The van der Waals surface area contributed by atoms with Crippen molar-refractivity contribution in [1.29, 1.82) is 0 Å². The zero-order chi connectivity index (χ0) is 14.4. The Hall–Kier alpha value is -2.48. The molecule has 0 radical (unpaired) electrons. The van der Waals surface area contributed by atoms with Gasteiger partial charge in [0, 0.05) is 26.0 Å². The number of nitrogens with two attached hydrogens (primary N) is 1. The van der Waals surface area contributed by atoms with E-state index >= 15 is 0 Å². The fourth-order valence-corrected chi connectivity index (χ4v) is 1.61. The van der Waals surface area contributed by atoms with Gasteiger partial charge in [0.2, 0.25) is 11.9 Å². The molecule has 2 aromatic heterocycles. The lowest BCUT2D eigenvalue weighted by molar-refractivity contribution is 0.312. The largest absolute Gasteiger partial charge is 0.464 e. The van der Waals surface area contributed by atoms with Gasteiger partial charge < -0.3 is 9.64 Å². The van der Waals surface area contributed by atoms with Crippen molar-refractivity contribution in [3.63, 3.8) is 0 Å². The third kappa shape index (κ3) is 3.51. The minimum atomic E-state index is 0.239. The van der Waals surface area contributed by atoms with Crippen LogP contribution >= 0.6 is 0 Å². The van der Waals surface area contributed by atoms with E-state index in [0.29, 0.717) is 19.1 Å². The second-order valence-corrected chi connectivity index (χ2v) is 4.04. The van der Waals surface area contributed by atoms with Gasteiger partial charge in [0.05, 0.1) is 6.61 Å². The highest BCUT2D eigenvalue weighted by molar-refractivity contribution is 5.37. The molecular weight excluding hydrogens is 258 g/mol. The van der Waals surface area contributed by atoms with E-state index in [-0.39, 0.29) is 12.0 Å². The van der Waals surface area contributed by atoms with E-state index in [1.165, 1.54) is 0 Å². The van der Waals surface area contributed by atoms with Crippen molar-refractivity contribution in [3.8, 4) is 6.01 Å². The Bertz CT molecular complexity index is 549. The lowest BCUT2D eigenvalue weighted by Gasteiger charge is -2.17. The fraction of sp³-hybridized carbons (Fsp3) is 0.333. The van der Waals surface area contributed by atoms with Gasteiger partial charge in [-0.3, -0.25) is 10.4 Å². The summed E-state index contributed by atoms with van der Waals surface area (Å²) >= 11 is 0. The Labute approximate surface area is 117 Å². The molecule has 0 aliphatic carbocycles. The molecule has 0 atom stereocenters. The van der Waals surface area contributed by atoms with Crippen molar-refractivity contribution in [2.75, 3.05) is 24.0 Å². The molecule has 0 saturated heterocycles. The summed E-state index contributed by atoms with van der Waals surface area (Å²) in [5, 5.41) is 0. The summed E-state index contributed by atoms with van der Waals surface area (Å²) in [6, 6.07) is 4.11. The number of hydrazine groups is 1. The van der Waals surface area contributed by atoms with Crippen LogP contribution in [0.3, 0.4) is 0 Å². The second kappa shape index (κ2) is 6.62. The molecule has 0 saturated carbocycles. The van der Waals surface area contributed by atoms with Crippen molar-refractivity contribution in [2.45, 2.75) is 13.5 Å². The highest BCUT2D eigenvalue weighted by atomic mass is 16.5. The van der Waals surface area contributed by atoms with E-state index in [2.05, 4.69) is 25.4 Å². The van der Waals surface area contributed by atoms with Gasteiger partial charge in [-0.05, 0) is 18.6 Å². The Morgan fingerprint density at radius 1 is 1.35 bits per heavy atom. The quantitative estimate of drug-likeness (QED) is 0.583. The van der Waals surface area contributed by atoms with E-state index in [4.69, 9.17) is 10.6 Å². The lowest BCUT2D eigenvalue weighted by atomic mass is 10.3. The second-order valence-electron chi connectivity index (χ2n) is 4.04. The van der Waals surface area contributed by atoms with E-state index in [1.54, 1.807) is 12.4 Å². The maximum Gasteiger partial charge on any atom is 0.323 e. The van der Waals surface area contributed by atoms with Crippen molar-refractivity contribution >= 4 is 11.9 Å². The first-order valence-electron chi connectivity index (χ1n) is 6.18. The van der Waals surface area contributed by atoms with Crippen LogP contribution in [0.4, 0.5) is 11.9 Å². The van der Waals surface area contributed by atoms with Crippen LogP contribution in [-0.2, 0) is 6.54 Å².